The maximum absolute atomic E-state index is 12.0. The minimum absolute atomic E-state index is 0.117. The Morgan fingerprint density at radius 3 is 2.43 bits per heavy atom. The minimum Gasteiger partial charge on any atom is -0.388 e. The van der Waals surface area contributed by atoms with Crippen LogP contribution in [0.1, 0.15) is 105 Å². The molecule has 0 aliphatic heterocycles. The number of ketones is 1. The molecule has 0 spiro atoms. The van der Waals surface area contributed by atoms with E-state index in [1.807, 2.05) is 0 Å². The zero-order valence-corrected chi connectivity index (χ0v) is 24.6. The van der Waals surface area contributed by atoms with Crippen molar-refractivity contribution in [1.82, 2.24) is 0 Å². The number of hydrogen-bond donors (Lipinski definition) is 4. The SMILES string of the molecule is CC(C)CCC[C@@H](C)[C@H]1CCC2C3CC=C4CC(OC(C(=O)CO)[P+](O)(O)O)CC[C@]4(C)C3CC[C@@]21C. The molecule has 9 atom stereocenters. The third-order valence-corrected chi connectivity index (χ3v) is 12.4. The van der Waals surface area contributed by atoms with Crippen LogP contribution < -0.4 is 0 Å². The lowest BCUT2D eigenvalue weighted by atomic mass is 9.47. The second kappa shape index (κ2) is 11.3. The van der Waals surface area contributed by atoms with Gasteiger partial charge in [0.1, 0.15) is 6.61 Å². The summed E-state index contributed by atoms with van der Waals surface area (Å²) in [4.78, 5) is 41.2. The van der Waals surface area contributed by atoms with Gasteiger partial charge in [0.25, 0.3) is 0 Å². The maximum Gasteiger partial charge on any atom is 0.443 e. The molecule has 5 unspecified atom stereocenters. The van der Waals surface area contributed by atoms with Gasteiger partial charge >= 0.3 is 13.8 Å². The first-order valence-corrected chi connectivity index (χ1v) is 16.6. The third-order valence-electron chi connectivity index (χ3n) is 11.3. The van der Waals surface area contributed by atoms with Crippen LogP contribution in [0.2, 0.25) is 0 Å². The summed E-state index contributed by atoms with van der Waals surface area (Å²) >= 11 is 0. The van der Waals surface area contributed by atoms with E-state index in [4.69, 9.17) is 4.74 Å². The van der Waals surface area contributed by atoms with E-state index in [9.17, 15) is 24.6 Å². The van der Waals surface area contributed by atoms with Crippen LogP contribution in [0.4, 0.5) is 0 Å². The molecule has 4 rings (SSSR count). The van der Waals surface area contributed by atoms with Crippen LogP contribution in [0.5, 0.6) is 0 Å². The molecule has 0 aromatic rings. The quantitative estimate of drug-likeness (QED) is 0.199. The van der Waals surface area contributed by atoms with E-state index in [1.54, 1.807) is 0 Å². The van der Waals surface area contributed by atoms with Gasteiger partial charge in [-0.2, -0.15) is 14.7 Å². The van der Waals surface area contributed by atoms with Gasteiger partial charge in [-0.3, -0.25) is 4.79 Å². The summed E-state index contributed by atoms with van der Waals surface area (Å²) in [7, 11) is -4.54. The zero-order chi connectivity index (χ0) is 27.2. The van der Waals surface area contributed by atoms with E-state index in [2.05, 4.69) is 40.7 Å². The second-order valence-electron chi connectivity index (χ2n) is 13.9. The highest BCUT2D eigenvalue weighted by Crippen LogP contribution is 2.67. The molecule has 0 bridgehead atoms. The van der Waals surface area contributed by atoms with Crippen LogP contribution in [0.25, 0.3) is 0 Å². The first-order valence-electron chi connectivity index (χ1n) is 14.9. The van der Waals surface area contributed by atoms with Crippen molar-refractivity contribution in [2.24, 2.45) is 46.3 Å². The number of Topliss-reactive ketones (excluding diaryl/α,β-unsaturated/α-hetero) is 1. The Labute approximate surface area is 224 Å². The maximum atomic E-state index is 12.0. The number of aliphatic hydroxyl groups excluding tert-OH is 1. The highest BCUT2D eigenvalue weighted by Gasteiger charge is 2.59. The van der Waals surface area contributed by atoms with Crippen molar-refractivity contribution in [3.63, 3.8) is 0 Å². The van der Waals surface area contributed by atoms with Crippen LogP contribution in [0.3, 0.4) is 0 Å². The monoisotopic (exact) mass is 539 g/mol. The van der Waals surface area contributed by atoms with E-state index >= 15 is 0 Å². The van der Waals surface area contributed by atoms with Crippen molar-refractivity contribution in [2.75, 3.05) is 6.61 Å². The number of allylic oxidation sites excluding steroid dienone is 1. The molecular formula is C30H52O6P+. The molecular weight excluding hydrogens is 487 g/mol. The Morgan fingerprint density at radius 2 is 1.78 bits per heavy atom. The molecule has 3 fully saturated rings. The lowest BCUT2D eigenvalue weighted by molar-refractivity contribution is -0.134. The third kappa shape index (κ3) is 5.77. The molecule has 0 heterocycles. The zero-order valence-electron chi connectivity index (χ0n) is 23.7. The molecule has 4 aliphatic carbocycles. The van der Waals surface area contributed by atoms with Gasteiger partial charge in [0.15, 0.2) is 0 Å². The summed E-state index contributed by atoms with van der Waals surface area (Å²) in [5.41, 5.74) is 1.94. The number of aliphatic hydroxyl groups is 1. The van der Waals surface area contributed by atoms with Crippen molar-refractivity contribution < 1.29 is 29.3 Å². The number of fused-ring (bicyclic) bond motifs is 5. The fraction of sp³-hybridized carbons (Fsp3) is 0.900. The van der Waals surface area contributed by atoms with Gasteiger partial charge in [-0.25, -0.2) is 0 Å². The Kier molecular flexibility index (Phi) is 9.01. The number of carbonyl (C=O) groups excluding carboxylic acids is 1. The van der Waals surface area contributed by atoms with Gasteiger partial charge in [0.05, 0.1) is 6.10 Å². The first-order chi connectivity index (χ1) is 17.3. The predicted octanol–water partition coefficient (Wildman–Crippen LogP) is 6.04. The number of rotatable bonds is 10. The van der Waals surface area contributed by atoms with Crippen molar-refractivity contribution in [3.8, 4) is 0 Å². The van der Waals surface area contributed by atoms with E-state index in [1.165, 1.54) is 50.5 Å². The van der Waals surface area contributed by atoms with E-state index in [-0.39, 0.29) is 11.5 Å². The lowest BCUT2D eigenvalue weighted by Crippen LogP contribution is -2.51. The number of ether oxygens (including phenoxy) is 1. The van der Waals surface area contributed by atoms with E-state index in [0.29, 0.717) is 24.2 Å². The molecule has 4 N–H and O–H groups in total. The molecule has 3 saturated carbocycles. The predicted molar refractivity (Wildman–Crippen MR) is 147 cm³/mol. The Morgan fingerprint density at radius 1 is 1.05 bits per heavy atom. The summed E-state index contributed by atoms with van der Waals surface area (Å²) in [6, 6.07) is 0. The highest BCUT2D eigenvalue weighted by atomic mass is 31.2. The van der Waals surface area contributed by atoms with Crippen LogP contribution >= 0.6 is 7.94 Å². The molecule has 0 aromatic heterocycles. The van der Waals surface area contributed by atoms with Gasteiger partial charge in [-0.15, -0.1) is 0 Å². The molecule has 6 nitrogen and oxygen atoms in total. The topological polar surface area (TPSA) is 107 Å². The van der Waals surface area contributed by atoms with Crippen LogP contribution in [0.15, 0.2) is 11.6 Å². The average Bonchev–Trinajstić information content (AvgIpc) is 3.18. The average molecular weight is 540 g/mol. The van der Waals surface area contributed by atoms with Crippen LogP contribution in [-0.2, 0) is 9.53 Å². The Hall–Kier alpha value is -0.360. The molecule has 212 valence electrons. The fourth-order valence-electron chi connectivity index (χ4n) is 9.38. The van der Waals surface area contributed by atoms with E-state index in [0.717, 1.165) is 42.4 Å². The summed E-state index contributed by atoms with van der Waals surface area (Å²) in [6.07, 6.45) is 14.9. The number of carbonyl (C=O) groups is 1. The summed E-state index contributed by atoms with van der Waals surface area (Å²) < 4.78 is 5.76. The smallest absolute Gasteiger partial charge is 0.388 e. The van der Waals surface area contributed by atoms with Crippen molar-refractivity contribution in [1.29, 1.82) is 0 Å². The Bertz CT molecular complexity index is 851. The molecule has 0 aromatic carbocycles. The number of hydrogen-bond acceptors (Lipinski definition) is 6. The fourth-order valence-corrected chi connectivity index (χ4v) is 10.2. The van der Waals surface area contributed by atoms with Crippen LogP contribution in [-0.4, -0.2) is 44.1 Å². The van der Waals surface area contributed by atoms with Gasteiger partial charge in [0, 0.05) is 0 Å². The highest BCUT2D eigenvalue weighted by molar-refractivity contribution is 7.60. The first kappa shape index (κ1) is 29.6. The molecule has 0 amide bonds. The molecule has 7 heteroatoms. The summed E-state index contributed by atoms with van der Waals surface area (Å²) in [5, 5.41) is 9.21. The van der Waals surface area contributed by atoms with E-state index < -0.39 is 26.2 Å². The summed E-state index contributed by atoms with van der Waals surface area (Å²) in [5.74, 6) is 1.99. The standard InChI is InChI=1S/C30H52O6P/c1-19(2)7-6-8-20(3)24-11-12-25-23-10-9-21-17-22(36-28(27(32)18-31)37(33,34)35)13-15-29(21,4)26(23)14-16-30(24,25)5/h9,19-20,22-26,28,31,33-35H,6-8,10-18H2,1-5H3/q+1/t20-,22?,23?,24-,25?,26?,28?,29+,30-/m1/s1. The molecule has 0 saturated heterocycles. The lowest BCUT2D eigenvalue weighted by Gasteiger charge is -2.58. The van der Waals surface area contributed by atoms with Crippen molar-refractivity contribution in [3.05, 3.63) is 11.6 Å². The second-order valence-corrected chi connectivity index (χ2v) is 15.6. The summed E-state index contributed by atoms with van der Waals surface area (Å²) in [6.45, 7) is 11.3. The van der Waals surface area contributed by atoms with Gasteiger partial charge in [0.2, 0.25) is 5.78 Å². The molecule has 0 radical (unpaired) electrons. The van der Waals surface area contributed by atoms with Gasteiger partial charge < -0.3 is 9.84 Å². The molecule has 4 aliphatic rings. The normalized spacial score (nSPS) is 39.4. The van der Waals surface area contributed by atoms with Crippen LogP contribution in [0, 0.1) is 46.3 Å². The minimum atomic E-state index is -4.54. The van der Waals surface area contributed by atoms with Gasteiger partial charge in [-0.05, 0) is 97.7 Å². The van der Waals surface area contributed by atoms with Crippen molar-refractivity contribution >= 4 is 13.7 Å². The van der Waals surface area contributed by atoms with Gasteiger partial charge in [-0.1, -0.05) is 65.5 Å². The largest absolute Gasteiger partial charge is 0.443 e. The Balaban J connectivity index is 1.45. The molecule has 37 heavy (non-hydrogen) atoms. The van der Waals surface area contributed by atoms with Crippen molar-refractivity contribution in [2.45, 2.75) is 117 Å².